The van der Waals surface area contributed by atoms with Crippen LogP contribution in [0.2, 0.25) is 10.0 Å². The molecule has 0 aromatic heterocycles. The zero-order chi connectivity index (χ0) is 17.7. The maximum atomic E-state index is 12.4. The summed E-state index contributed by atoms with van der Waals surface area (Å²) in [5.41, 5.74) is 0.956. The predicted molar refractivity (Wildman–Crippen MR) is 98.6 cm³/mol. The first-order valence-electron chi connectivity index (χ1n) is 7.17. The van der Waals surface area contributed by atoms with Crippen molar-refractivity contribution in [3.63, 3.8) is 0 Å². The van der Waals surface area contributed by atoms with E-state index in [2.05, 4.69) is 10.0 Å². The molecule has 0 saturated carbocycles. The van der Waals surface area contributed by atoms with Crippen LogP contribution in [0.5, 0.6) is 0 Å². The second kappa shape index (κ2) is 7.88. The SMILES string of the molecule is CCCS(=O)(=O)Nc1ccc(Cl)c(C(=O)Nc2cccc(Cl)c2)c1. The first kappa shape index (κ1) is 18.6. The minimum absolute atomic E-state index is 0.000327. The number of halogens is 2. The highest BCUT2D eigenvalue weighted by Crippen LogP contribution is 2.23. The number of sulfonamides is 1. The van der Waals surface area contributed by atoms with E-state index in [1.165, 1.54) is 18.2 Å². The molecular formula is C16H16Cl2N2O3S. The molecular weight excluding hydrogens is 371 g/mol. The van der Waals surface area contributed by atoms with Gasteiger partial charge in [-0.3, -0.25) is 9.52 Å². The monoisotopic (exact) mass is 386 g/mol. The van der Waals surface area contributed by atoms with Crippen LogP contribution in [0.1, 0.15) is 23.7 Å². The van der Waals surface area contributed by atoms with Gasteiger partial charge in [-0.05, 0) is 42.8 Å². The summed E-state index contributed by atoms with van der Waals surface area (Å²) in [5, 5.41) is 3.37. The van der Waals surface area contributed by atoms with Gasteiger partial charge in [-0.1, -0.05) is 36.2 Å². The Morgan fingerprint density at radius 3 is 2.50 bits per heavy atom. The Morgan fingerprint density at radius 1 is 1.08 bits per heavy atom. The molecule has 128 valence electrons. The van der Waals surface area contributed by atoms with E-state index in [1.807, 2.05) is 0 Å². The summed E-state index contributed by atoms with van der Waals surface area (Å²) in [6.07, 6.45) is 0.491. The molecule has 0 unspecified atom stereocenters. The quantitative estimate of drug-likeness (QED) is 0.772. The van der Waals surface area contributed by atoms with Crippen molar-refractivity contribution in [3.05, 3.63) is 58.1 Å². The summed E-state index contributed by atoms with van der Waals surface area (Å²) >= 11 is 11.9. The van der Waals surface area contributed by atoms with E-state index in [4.69, 9.17) is 23.2 Å². The van der Waals surface area contributed by atoms with Crippen LogP contribution in [-0.2, 0) is 10.0 Å². The van der Waals surface area contributed by atoms with Crippen molar-refractivity contribution >= 4 is 50.5 Å². The third-order valence-corrected chi connectivity index (χ3v) is 5.10. The highest BCUT2D eigenvalue weighted by atomic mass is 35.5. The third kappa shape index (κ3) is 5.12. The lowest BCUT2D eigenvalue weighted by Crippen LogP contribution is -2.17. The molecule has 2 aromatic carbocycles. The fraction of sp³-hybridized carbons (Fsp3) is 0.188. The van der Waals surface area contributed by atoms with Gasteiger partial charge < -0.3 is 5.32 Å². The average molecular weight is 387 g/mol. The first-order chi connectivity index (χ1) is 11.3. The van der Waals surface area contributed by atoms with Gasteiger partial charge in [0.05, 0.1) is 16.3 Å². The number of hydrogen-bond acceptors (Lipinski definition) is 3. The van der Waals surface area contributed by atoms with E-state index < -0.39 is 15.9 Å². The van der Waals surface area contributed by atoms with Crippen LogP contribution in [-0.4, -0.2) is 20.1 Å². The van der Waals surface area contributed by atoms with Crippen LogP contribution in [0, 0.1) is 0 Å². The normalized spacial score (nSPS) is 11.1. The Kier molecular flexibility index (Phi) is 6.10. The molecule has 0 aliphatic rings. The third-order valence-electron chi connectivity index (χ3n) is 3.04. The number of benzene rings is 2. The van der Waals surface area contributed by atoms with Crippen LogP contribution >= 0.6 is 23.2 Å². The molecule has 5 nitrogen and oxygen atoms in total. The molecule has 0 atom stereocenters. The van der Waals surface area contributed by atoms with Crippen molar-refractivity contribution < 1.29 is 13.2 Å². The molecule has 2 rings (SSSR count). The van der Waals surface area contributed by atoms with Crippen molar-refractivity contribution in [1.29, 1.82) is 0 Å². The summed E-state index contributed by atoms with van der Waals surface area (Å²) in [7, 11) is -3.45. The van der Waals surface area contributed by atoms with Gasteiger partial charge in [0.1, 0.15) is 0 Å². The largest absolute Gasteiger partial charge is 0.322 e. The molecule has 0 spiro atoms. The van der Waals surface area contributed by atoms with Crippen LogP contribution in [0.15, 0.2) is 42.5 Å². The van der Waals surface area contributed by atoms with Crippen molar-refractivity contribution in [2.45, 2.75) is 13.3 Å². The van der Waals surface area contributed by atoms with Crippen LogP contribution in [0.4, 0.5) is 11.4 Å². The number of carbonyl (C=O) groups is 1. The molecule has 0 bridgehead atoms. The van der Waals surface area contributed by atoms with Crippen LogP contribution in [0.25, 0.3) is 0 Å². The molecule has 2 aromatic rings. The molecule has 24 heavy (non-hydrogen) atoms. The lowest BCUT2D eigenvalue weighted by Gasteiger charge is -2.11. The van der Waals surface area contributed by atoms with E-state index in [0.717, 1.165) is 0 Å². The Morgan fingerprint density at radius 2 is 1.83 bits per heavy atom. The fourth-order valence-corrected chi connectivity index (χ4v) is 3.55. The molecule has 0 aliphatic heterocycles. The van der Waals surface area contributed by atoms with Gasteiger partial charge >= 0.3 is 0 Å². The summed E-state index contributed by atoms with van der Waals surface area (Å²) < 4.78 is 26.1. The van der Waals surface area contributed by atoms with E-state index >= 15 is 0 Å². The summed E-state index contributed by atoms with van der Waals surface area (Å²) in [6, 6.07) is 11.0. The molecule has 0 aliphatic carbocycles. The molecule has 1 amide bonds. The highest BCUT2D eigenvalue weighted by molar-refractivity contribution is 7.92. The van der Waals surface area contributed by atoms with Gasteiger partial charge in [0.2, 0.25) is 10.0 Å². The average Bonchev–Trinajstić information content (AvgIpc) is 2.48. The van der Waals surface area contributed by atoms with E-state index in [-0.39, 0.29) is 22.0 Å². The molecule has 0 heterocycles. The topological polar surface area (TPSA) is 75.3 Å². The molecule has 0 saturated heterocycles. The number of anilines is 2. The maximum absolute atomic E-state index is 12.4. The minimum atomic E-state index is -3.45. The van der Waals surface area contributed by atoms with Gasteiger partial charge in [0, 0.05) is 16.4 Å². The van der Waals surface area contributed by atoms with Crippen molar-refractivity contribution in [1.82, 2.24) is 0 Å². The van der Waals surface area contributed by atoms with Crippen molar-refractivity contribution in [3.8, 4) is 0 Å². The van der Waals surface area contributed by atoms with Crippen LogP contribution in [0.3, 0.4) is 0 Å². The summed E-state index contributed by atoms with van der Waals surface area (Å²) in [5.74, 6) is -0.460. The number of hydrogen-bond donors (Lipinski definition) is 2. The predicted octanol–water partition coefficient (Wildman–Crippen LogP) is 4.40. The maximum Gasteiger partial charge on any atom is 0.257 e. The smallest absolute Gasteiger partial charge is 0.257 e. The Hall–Kier alpha value is -1.76. The first-order valence-corrected chi connectivity index (χ1v) is 9.58. The zero-order valence-corrected chi connectivity index (χ0v) is 15.2. The van der Waals surface area contributed by atoms with Crippen molar-refractivity contribution in [2.75, 3.05) is 15.8 Å². The van der Waals surface area contributed by atoms with Gasteiger partial charge in [-0.15, -0.1) is 0 Å². The van der Waals surface area contributed by atoms with E-state index in [0.29, 0.717) is 17.1 Å². The van der Waals surface area contributed by atoms with E-state index in [1.54, 1.807) is 31.2 Å². The van der Waals surface area contributed by atoms with Gasteiger partial charge in [0.25, 0.3) is 5.91 Å². The summed E-state index contributed by atoms with van der Waals surface area (Å²) in [6.45, 7) is 1.77. The minimum Gasteiger partial charge on any atom is -0.322 e. The summed E-state index contributed by atoms with van der Waals surface area (Å²) in [4.78, 5) is 12.4. The molecule has 2 N–H and O–H groups in total. The molecule has 0 radical (unpaired) electrons. The van der Waals surface area contributed by atoms with Gasteiger partial charge in [-0.2, -0.15) is 0 Å². The number of amides is 1. The van der Waals surface area contributed by atoms with Gasteiger partial charge in [0.15, 0.2) is 0 Å². The Labute approximate surface area is 151 Å². The number of rotatable bonds is 6. The second-order valence-corrected chi connectivity index (χ2v) is 7.77. The molecule has 8 heteroatoms. The number of carbonyl (C=O) groups excluding carboxylic acids is 1. The standard InChI is InChI=1S/C16H16Cl2N2O3S/c1-2-8-24(22,23)20-13-6-7-15(18)14(10-13)16(21)19-12-5-3-4-11(17)9-12/h3-7,9-10,20H,2,8H2,1H3,(H,19,21). The zero-order valence-electron chi connectivity index (χ0n) is 12.8. The van der Waals surface area contributed by atoms with Gasteiger partial charge in [-0.25, -0.2) is 8.42 Å². The highest BCUT2D eigenvalue weighted by Gasteiger charge is 2.14. The van der Waals surface area contributed by atoms with Crippen LogP contribution < -0.4 is 10.0 Å². The lowest BCUT2D eigenvalue weighted by atomic mass is 10.2. The fourth-order valence-electron chi connectivity index (χ4n) is 2.03. The Balaban J connectivity index is 2.23. The van der Waals surface area contributed by atoms with E-state index in [9.17, 15) is 13.2 Å². The lowest BCUT2D eigenvalue weighted by molar-refractivity contribution is 0.102. The Bertz CT molecular complexity index is 854. The number of nitrogens with one attached hydrogen (secondary N) is 2. The van der Waals surface area contributed by atoms with Crippen molar-refractivity contribution in [2.24, 2.45) is 0 Å². The molecule has 0 fully saturated rings. The second-order valence-electron chi connectivity index (χ2n) is 5.08.